The van der Waals surface area contributed by atoms with Gasteiger partial charge in [-0.25, -0.2) is 0 Å². The number of nitriles is 1. The molecule has 0 aliphatic heterocycles. The molecule has 11 aromatic rings. The molecule has 0 saturated carbocycles. The highest BCUT2D eigenvalue weighted by atomic mass is 15.0. The average molecular weight is 676 g/mol. The lowest BCUT2D eigenvalue weighted by Crippen LogP contribution is -1.97. The Hall–Kier alpha value is -7.42. The Morgan fingerprint density at radius 2 is 0.755 bits per heavy atom. The van der Waals surface area contributed by atoms with E-state index in [2.05, 4.69) is 170 Å². The van der Waals surface area contributed by atoms with Crippen LogP contribution in [0.1, 0.15) is 5.56 Å². The average Bonchev–Trinajstić information content (AvgIpc) is 3.86. The minimum Gasteiger partial charge on any atom is -0.309 e. The van der Waals surface area contributed by atoms with Gasteiger partial charge in [0, 0.05) is 61.8 Å². The molecule has 11 rings (SSSR count). The van der Waals surface area contributed by atoms with Gasteiger partial charge in [0.15, 0.2) is 0 Å². The van der Waals surface area contributed by atoms with Crippen molar-refractivity contribution in [2.45, 2.75) is 0 Å². The molecule has 0 radical (unpaired) electrons. The van der Waals surface area contributed by atoms with Crippen LogP contribution in [0.15, 0.2) is 176 Å². The highest BCUT2D eigenvalue weighted by Gasteiger charge is 2.19. The highest BCUT2D eigenvalue weighted by molar-refractivity contribution is 6.14. The smallest absolute Gasteiger partial charge is 0.0998 e. The Kier molecular flexibility index (Phi) is 6.25. The topological polar surface area (TPSA) is 51.5 Å². The van der Waals surface area contributed by atoms with Gasteiger partial charge in [-0.3, -0.25) is 4.98 Å². The first-order valence-corrected chi connectivity index (χ1v) is 17.8. The normalized spacial score (nSPS) is 11.8. The van der Waals surface area contributed by atoms with Crippen molar-refractivity contribution in [2.75, 3.05) is 0 Å². The fourth-order valence-corrected chi connectivity index (χ4v) is 8.50. The number of benzene rings is 7. The lowest BCUT2D eigenvalue weighted by atomic mass is 10.0. The Morgan fingerprint density at radius 1 is 0.377 bits per heavy atom. The number of hydrogen-bond donors (Lipinski definition) is 0. The minimum atomic E-state index is 0.618. The summed E-state index contributed by atoms with van der Waals surface area (Å²) in [6, 6.07) is 60.7. The van der Waals surface area contributed by atoms with Crippen LogP contribution in [0.4, 0.5) is 0 Å². The van der Waals surface area contributed by atoms with E-state index in [0.717, 1.165) is 50.0 Å². The summed E-state index contributed by atoms with van der Waals surface area (Å²) >= 11 is 0. The zero-order valence-electron chi connectivity index (χ0n) is 28.5. The summed E-state index contributed by atoms with van der Waals surface area (Å²) in [5.41, 5.74) is 12.5. The standard InChI is InChI=1S/C48H29N5/c49-30-32-27-33(17-20-36(32)31-23-25-50-26-24-31)51-47-21-18-34(52-43-13-5-1-9-37(43)38-10-2-6-14-44(38)52)28-41(47)42-29-35(19-22-48(42)51)53-45-15-7-3-11-39(45)40-12-4-8-16-46(40)53/h1-29H. The van der Waals surface area contributed by atoms with Crippen molar-refractivity contribution in [1.82, 2.24) is 18.7 Å². The van der Waals surface area contributed by atoms with E-state index in [4.69, 9.17) is 0 Å². The van der Waals surface area contributed by atoms with Gasteiger partial charge >= 0.3 is 0 Å². The number of aromatic nitrogens is 4. The predicted octanol–water partition coefficient (Wildman–Crippen LogP) is 11.9. The van der Waals surface area contributed by atoms with Crippen molar-refractivity contribution in [2.24, 2.45) is 0 Å². The molecule has 0 aliphatic carbocycles. The Bertz CT molecular complexity index is 3020. The summed E-state index contributed by atoms with van der Waals surface area (Å²) in [4.78, 5) is 4.18. The molecule has 53 heavy (non-hydrogen) atoms. The van der Waals surface area contributed by atoms with Gasteiger partial charge in [-0.05, 0) is 96.1 Å². The van der Waals surface area contributed by atoms with Crippen LogP contribution in [-0.2, 0) is 0 Å². The summed E-state index contributed by atoms with van der Waals surface area (Å²) in [6.07, 6.45) is 3.53. The first-order valence-electron chi connectivity index (χ1n) is 17.8. The Labute approximate surface area is 304 Å². The fourth-order valence-electron chi connectivity index (χ4n) is 8.50. The molecule has 0 atom stereocenters. The van der Waals surface area contributed by atoms with Crippen LogP contribution in [0.2, 0.25) is 0 Å². The van der Waals surface area contributed by atoms with E-state index < -0.39 is 0 Å². The molecule has 0 fully saturated rings. The molecule has 5 nitrogen and oxygen atoms in total. The van der Waals surface area contributed by atoms with Crippen molar-refractivity contribution in [3.05, 3.63) is 182 Å². The molecule has 7 aromatic carbocycles. The highest BCUT2D eigenvalue weighted by Crippen LogP contribution is 2.40. The second kappa shape index (κ2) is 11.3. The number of hydrogen-bond acceptors (Lipinski definition) is 2. The van der Waals surface area contributed by atoms with Crippen molar-refractivity contribution < 1.29 is 0 Å². The summed E-state index contributed by atoms with van der Waals surface area (Å²) in [5, 5.41) is 17.6. The summed E-state index contributed by atoms with van der Waals surface area (Å²) < 4.78 is 7.05. The van der Waals surface area contributed by atoms with E-state index >= 15 is 0 Å². The number of fused-ring (bicyclic) bond motifs is 9. The lowest BCUT2D eigenvalue weighted by Gasteiger charge is -2.12. The van der Waals surface area contributed by atoms with Crippen LogP contribution in [0, 0.1) is 11.3 Å². The van der Waals surface area contributed by atoms with Gasteiger partial charge in [0.2, 0.25) is 0 Å². The minimum absolute atomic E-state index is 0.618. The zero-order valence-corrected chi connectivity index (χ0v) is 28.5. The maximum atomic E-state index is 10.4. The molecule has 4 heterocycles. The molecule has 5 heteroatoms. The molecular formula is C48H29N5. The van der Waals surface area contributed by atoms with E-state index in [1.807, 2.05) is 18.2 Å². The van der Waals surface area contributed by atoms with Gasteiger partial charge in [0.05, 0.1) is 44.7 Å². The maximum absolute atomic E-state index is 10.4. The molecule has 4 aromatic heterocycles. The van der Waals surface area contributed by atoms with Crippen LogP contribution >= 0.6 is 0 Å². The zero-order chi connectivity index (χ0) is 35.0. The van der Waals surface area contributed by atoms with Crippen LogP contribution < -0.4 is 0 Å². The van der Waals surface area contributed by atoms with Gasteiger partial charge in [-0.15, -0.1) is 0 Å². The van der Waals surface area contributed by atoms with Crippen LogP contribution in [0.25, 0.3) is 93.6 Å². The van der Waals surface area contributed by atoms with Gasteiger partial charge < -0.3 is 13.7 Å². The quantitative estimate of drug-likeness (QED) is 0.186. The number of rotatable bonds is 4. The Morgan fingerprint density at radius 3 is 1.19 bits per heavy atom. The molecule has 0 N–H and O–H groups in total. The number of nitrogens with zero attached hydrogens (tertiary/aromatic N) is 5. The monoisotopic (exact) mass is 675 g/mol. The van der Waals surface area contributed by atoms with Crippen LogP contribution in [-0.4, -0.2) is 18.7 Å². The maximum Gasteiger partial charge on any atom is 0.0998 e. The first-order chi connectivity index (χ1) is 26.3. The molecule has 0 saturated heterocycles. The molecular weight excluding hydrogens is 647 g/mol. The first kappa shape index (κ1) is 29.3. The van der Waals surface area contributed by atoms with E-state index in [1.165, 1.54) is 43.6 Å². The SMILES string of the molecule is N#Cc1cc(-n2c3ccc(-n4c5ccccc5c5ccccc54)cc3c3cc(-n4c5ccccc5c5ccccc54)ccc32)ccc1-c1ccncc1. The second-order valence-electron chi connectivity index (χ2n) is 13.6. The van der Waals surface area contributed by atoms with E-state index in [1.54, 1.807) is 12.4 Å². The van der Waals surface area contributed by atoms with Crippen LogP contribution in [0.3, 0.4) is 0 Å². The third-order valence-electron chi connectivity index (χ3n) is 10.8. The number of para-hydroxylation sites is 4. The lowest BCUT2D eigenvalue weighted by molar-refractivity contribution is 1.16. The van der Waals surface area contributed by atoms with Crippen molar-refractivity contribution in [3.63, 3.8) is 0 Å². The second-order valence-corrected chi connectivity index (χ2v) is 13.6. The third kappa shape index (κ3) is 4.27. The predicted molar refractivity (Wildman–Crippen MR) is 217 cm³/mol. The van der Waals surface area contributed by atoms with Crippen molar-refractivity contribution in [3.8, 4) is 34.3 Å². The number of pyridine rings is 1. The van der Waals surface area contributed by atoms with E-state index in [9.17, 15) is 5.26 Å². The Balaban J connectivity index is 1.21. The van der Waals surface area contributed by atoms with Gasteiger partial charge in [0.1, 0.15) is 0 Å². The molecule has 0 spiro atoms. The van der Waals surface area contributed by atoms with E-state index in [0.29, 0.717) is 5.56 Å². The van der Waals surface area contributed by atoms with Crippen LogP contribution in [0.5, 0.6) is 0 Å². The third-order valence-corrected chi connectivity index (χ3v) is 10.8. The largest absolute Gasteiger partial charge is 0.309 e. The molecule has 0 amide bonds. The molecule has 0 bridgehead atoms. The van der Waals surface area contributed by atoms with Gasteiger partial charge in [0.25, 0.3) is 0 Å². The summed E-state index contributed by atoms with van der Waals surface area (Å²) in [5.74, 6) is 0. The molecule has 0 aliphatic rings. The summed E-state index contributed by atoms with van der Waals surface area (Å²) in [7, 11) is 0. The van der Waals surface area contributed by atoms with E-state index in [-0.39, 0.29) is 0 Å². The van der Waals surface area contributed by atoms with Crippen molar-refractivity contribution >= 4 is 65.4 Å². The van der Waals surface area contributed by atoms with Gasteiger partial charge in [-0.1, -0.05) is 78.9 Å². The van der Waals surface area contributed by atoms with Gasteiger partial charge in [-0.2, -0.15) is 5.26 Å². The molecule has 246 valence electrons. The summed E-state index contributed by atoms with van der Waals surface area (Å²) in [6.45, 7) is 0. The molecule has 0 unspecified atom stereocenters. The fraction of sp³-hybridized carbons (Fsp3) is 0. The van der Waals surface area contributed by atoms with Crippen molar-refractivity contribution in [1.29, 1.82) is 5.26 Å².